The first-order chi connectivity index (χ1) is 9.72. The standard InChI is InChI=1S/C13H20N4O2S/c1-16(7-10-2-3-10)8-11-9-17(4-5-19-11)13(18)12-6-14-15-20-12/h6,10-11H,2-5,7-9H2,1H3. The summed E-state index contributed by atoms with van der Waals surface area (Å²) < 4.78 is 9.53. The Morgan fingerprint density at radius 3 is 3.10 bits per heavy atom. The van der Waals surface area contributed by atoms with E-state index < -0.39 is 0 Å². The Labute approximate surface area is 122 Å². The molecule has 110 valence electrons. The summed E-state index contributed by atoms with van der Waals surface area (Å²) in [4.78, 5) is 17.1. The van der Waals surface area contributed by atoms with Crippen LogP contribution in [0, 0.1) is 5.92 Å². The topological polar surface area (TPSA) is 58.6 Å². The molecule has 1 atom stereocenters. The minimum absolute atomic E-state index is 0.0261. The number of hydrogen-bond donors (Lipinski definition) is 0. The molecule has 2 heterocycles. The van der Waals surface area contributed by atoms with Gasteiger partial charge in [0.1, 0.15) is 4.88 Å². The summed E-state index contributed by atoms with van der Waals surface area (Å²) in [5.41, 5.74) is 0. The highest BCUT2D eigenvalue weighted by molar-refractivity contribution is 7.07. The molecule has 1 aromatic rings. The fourth-order valence-electron chi connectivity index (χ4n) is 2.59. The molecular weight excluding hydrogens is 276 g/mol. The van der Waals surface area contributed by atoms with Gasteiger partial charge in [0.25, 0.3) is 5.91 Å². The predicted molar refractivity (Wildman–Crippen MR) is 75.8 cm³/mol. The molecule has 0 bridgehead atoms. The van der Waals surface area contributed by atoms with E-state index in [0.29, 0.717) is 24.6 Å². The lowest BCUT2D eigenvalue weighted by Gasteiger charge is -2.34. The molecule has 7 heteroatoms. The molecule has 3 rings (SSSR count). The van der Waals surface area contributed by atoms with Gasteiger partial charge in [0.2, 0.25) is 0 Å². The number of carbonyl (C=O) groups excluding carboxylic acids is 1. The zero-order chi connectivity index (χ0) is 13.9. The highest BCUT2D eigenvalue weighted by atomic mass is 32.1. The number of rotatable bonds is 5. The van der Waals surface area contributed by atoms with E-state index in [2.05, 4.69) is 21.5 Å². The molecule has 20 heavy (non-hydrogen) atoms. The molecule has 2 aliphatic rings. The molecule has 1 aromatic heterocycles. The summed E-state index contributed by atoms with van der Waals surface area (Å²) in [6, 6.07) is 0. The van der Waals surface area contributed by atoms with E-state index in [9.17, 15) is 4.79 Å². The minimum Gasteiger partial charge on any atom is -0.373 e. The number of carbonyl (C=O) groups is 1. The predicted octanol–water partition coefficient (Wildman–Crippen LogP) is 0.721. The Kier molecular flexibility index (Phi) is 4.28. The molecule has 1 amide bonds. The van der Waals surface area contributed by atoms with Crippen LogP contribution >= 0.6 is 11.5 Å². The third kappa shape index (κ3) is 3.53. The fourth-order valence-corrected chi connectivity index (χ4v) is 3.08. The quantitative estimate of drug-likeness (QED) is 0.801. The van der Waals surface area contributed by atoms with Crippen molar-refractivity contribution in [3.8, 4) is 0 Å². The van der Waals surface area contributed by atoms with E-state index >= 15 is 0 Å². The summed E-state index contributed by atoms with van der Waals surface area (Å²) in [5.74, 6) is 0.905. The van der Waals surface area contributed by atoms with Gasteiger partial charge in [0, 0.05) is 26.2 Å². The van der Waals surface area contributed by atoms with Crippen molar-refractivity contribution in [3.05, 3.63) is 11.1 Å². The van der Waals surface area contributed by atoms with E-state index in [1.807, 2.05) is 4.90 Å². The Morgan fingerprint density at radius 1 is 1.55 bits per heavy atom. The maximum absolute atomic E-state index is 12.3. The average Bonchev–Trinajstić information content (AvgIpc) is 3.08. The van der Waals surface area contributed by atoms with E-state index in [1.165, 1.54) is 19.0 Å². The van der Waals surface area contributed by atoms with Crippen LogP contribution in [-0.4, -0.2) is 71.2 Å². The zero-order valence-corrected chi connectivity index (χ0v) is 12.5. The van der Waals surface area contributed by atoms with Gasteiger partial charge in [0.05, 0.1) is 18.9 Å². The Bertz CT molecular complexity index is 449. The molecular formula is C13H20N4O2S. The van der Waals surface area contributed by atoms with Crippen molar-refractivity contribution in [1.82, 2.24) is 19.4 Å². The minimum atomic E-state index is 0.0261. The van der Waals surface area contributed by atoms with E-state index in [-0.39, 0.29) is 12.0 Å². The number of ether oxygens (including phenoxy) is 1. The Morgan fingerprint density at radius 2 is 2.40 bits per heavy atom. The first kappa shape index (κ1) is 13.9. The van der Waals surface area contributed by atoms with Gasteiger partial charge in [-0.3, -0.25) is 4.79 Å². The summed E-state index contributed by atoms with van der Waals surface area (Å²) in [5, 5.41) is 3.73. The van der Waals surface area contributed by atoms with Crippen molar-refractivity contribution in [2.75, 3.05) is 39.8 Å². The van der Waals surface area contributed by atoms with Crippen LogP contribution in [0.1, 0.15) is 22.5 Å². The maximum atomic E-state index is 12.3. The largest absolute Gasteiger partial charge is 0.373 e. The van der Waals surface area contributed by atoms with E-state index in [4.69, 9.17) is 4.74 Å². The van der Waals surface area contributed by atoms with Crippen LogP contribution in [0.4, 0.5) is 0 Å². The second-order valence-electron chi connectivity index (χ2n) is 5.69. The van der Waals surface area contributed by atoms with Gasteiger partial charge in [-0.2, -0.15) is 0 Å². The van der Waals surface area contributed by atoms with Crippen LogP contribution < -0.4 is 0 Å². The fraction of sp³-hybridized carbons (Fsp3) is 0.769. The van der Waals surface area contributed by atoms with E-state index in [1.54, 1.807) is 0 Å². The summed E-state index contributed by atoms with van der Waals surface area (Å²) in [7, 11) is 2.13. The first-order valence-corrected chi connectivity index (χ1v) is 7.86. The molecule has 0 aromatic carbocycles. The molecule has 6 nitrogen and oxygen atoms in total. The highest BCUT2D eigenvalue weighted by Gasteiger charge is 2.28. The van der Waals surface area contributed by atoms with Gasteiger partial charge in [-0.25, -0.2) is 0 Å². The lowest BCUT2D eigenvalue weighted by atomic mass is 10.2. The lowest BCUT2D eigenvalue weighted by Crippen LogP contribution is -2.49. The maximum Gasteiger partial charge on any atom is 0.267 e. The monoisotopic (exact) mass is 296 g/mol. The SMILES string of the molecule is CN(CC1CC1)CC1CN(C(=O)c2cnns2)CCO1. The van der Waals surface area contributed by atoms with Gasteiger partial charge in [-0.1, -0.05) is 4.49 Å². The zero-order valence-electron chi connectivity index (χ0n) is 11.7. The van der Waals surface area contributed by atoms with Gasteiger partial charge in [-0.05, 0) is 37.3 Å². The first-order valence-electron chi connectivity index (χ1n) is 7.09. The van der Waals surface area contributed by atoms with Crippen molar-refractivity contribution >= 4 is 17.4 Å². The van der Waals surface area contributed by atoms with Crippen LogP contribution in [0.3, 0.4) is 0 Å². The van der Waals surface area contributed by atoms with Crippen molar-refractivity contribution < 1.29 is 9.53 Å². The van der Waals surface area contributed by atoms with Crippen LogP contribution in [0.5, 0.6) is 0 Å². The summed E-state index contributed by atoms with van der Waals surface area (Å²) >= 11 is 1.15. The van der Waals surface area contributed by atoms with E-state index in [0.717, 1.165) is 30.5 Å². The number of nitrogens with zero attached hydrogens (tertiary/aromatic N) is 4. The molecule has 1 aliphatic carbocycles. The third-order valence-electron chi connectivity index (χ3n) is 3.78. The Balaban J connectivity index is 1.51. The van der Waals surface area contributed by atoms with Gasteiger partial charge >= 0.3 is 0 Å². The van der Waals surface area contributed by atoms with Crippen molar-refractivity contribution in [3.63, 3.8) is 0 Å². The second-order valence-corrected chi connectivity index (χ2v) is 6.48. The summed E-state index contributed by atoms with van der Waals surface area (Å²) in [6.45, 7) is 3.96. The normalized spacial score (nSPS) is 23.3. The highest BCUT2D eigenvalue weighted by Crippen LogP contribution is 2.29. The summed E-state index contributed by atoms with van der Waals surface area (Å²) in [6.07, 6.45) is 4.37. The van der Waals surface area contributed by atoms with Gasteiger partial charge in [-0.15, -0.1) is 5.10 Å². The molecule has 0 radical (unpaired) electrons. The molecule has 0 N–H and O–H groups in total. The molecule has 1 aliphatic heterocycles. The second kappa shape index (κ2) is 6.15. The number of morpholine rings is 1. The number of aromatic nitrogens is 2. The molecule has 2 fully saturated rings. The molecule has 1 saturated carbocycles. The molecule has 1 unspecified atom stereocenters. The lowest BCUT2D eigenvalue weighted by molar-refractivity contribution is -0.0332. The molecule has 1 saturated heterocycles. The van der Waals surface area contributed by atoms with Crippen LogP contribution in [0.15, 0.2) is 6.20 Å². The van der Waals surface area contributed by atoms with Crippen molar-refractivity contribution in [1.29, 1.82) is 0 Å². The van der Waals surface area contributed by atoms with Crippen molar-refractivity contribution in [2.24, 2.45) is 5.92 Å². The number of likely N-dealkylation sites (N-methyl/N-ethyl adjacent to an activating group) is 1. The van der Waals surface area contributed by atoms with Crippen LogP contribution in [0.2, 0.25) is 0 Å². The van der Waals surface area contributed by atoms with Gasteiger partial charge < -0.3 is 14.5 Å². The smallest absolute Gasteiger partial charge is 0.267 e. The van der Waals surface area contributed by atoms with Gasteiger partial charge in [0.15, 0.2) is 0 Å². The average molecular weight is 296 g/mol. The number of amides is 1. The number of hydrogen-bond acceptors (Lipinski definition) is 6. The van der Waals surface area contributed by atoms with Crippen LogP contribution in [0.25, 0.3) is 0 Å². The third-order valence-corrected chi connectivity index (χ3v) is 4.43. The van der Waals surface area contributed by atoms with Crippen LogP contribution in [-0.2, 0) is 4.74 Å². The Hall–Kier alpha value is -1.05. The molecule has 0 spiro atoms. The van der Waals surface area contributed by atoms with Crippen molar-refractivity contribution in [2.45, 2.75) is 18.9 Å².